The smallest absolute Gasteiger partial charge is 0.417 e. The van der Waals surface area contributed by atoms with Gasteiger partial charge in [0.2, 0.25) is 0 Å². The van der Waals surface area contributed by atoms with Crippen LogP contribution < -0.4 is 5.32 Å². The molecule has 0 saturated heterocycles. The predicted molar refractivity (Wildman–Crippen MR) is 95.3 cm³/mol. The van der Waals surface area contributed by atoms with Gasteiger partial charge in [-0.15, -0.1) is 0 Å². The Bertz CT molecular complexity index is 1110. The first-order chi connectivity index (χ1) is 13.1. The predicted octanol–water partition coefficient (Wildman–Crippen LogP) is 5.60. The molecular weight excluding hydrogens is 402 g/mol. The first-order valence-corrected chi connectivity index (χ1v) is 8.09. The van der Waals surface area contributed by atoms with Crippen LogP contribution in [0.4, 0.5) is 23.2 Å². The van der Waals surface area contributed by atoms with Crippen LogP contribution in [0.25, 0.3) is 10.8 Å². The number of nitrogens with one attached hydrogen (secondary N) is 1. The lowest BCUT2D eigenvalue weighted by Gasteiger charge is -2.14. The molecule has 0 aliphatic heterocycles. The van der Waals surface area contributed by atoms with E-state index in [9.17, 15) is 32.3 Å². The molecule has 0 heterocycles. The Kier molecular flexibility index (Phi) is 4.99. The summed E-state index contributed by atoms with van der Waals surface area (Å²) in [7, 11) is 0. The average Bonchev–Trinajstić information content (AvgIpc) is 2.61. The molecule has 0 atom stereocenters. The number of hydrogen-bond acceptors (Lipinski definition) is 2. The maximum atomic E-state index is 13.2. The summed E-state index contributed by atoms with van der Waals surface area (Å²) in [5.41, 5.74) is -2.36. The Morgan fingerprint density at radius 1 is 0.964 bits per heavy atom. The number of halogens is 5. The van der Waals surface area contributed by atoms with E-state index in [4.69, 9.17) is 11.6 Å². The summed E-state index contributed by atoms with van der Waals surface area (Å²) in [5.74, 6) is -2.85. The van der Waals surface area contributed by atoms with Crippen LogP contribution >= 0.6 is 11.6 Å². The normalized spacial score (nSPS) is 11.5. The number of carboxylic acids is 1. The lowest BCUT2D eigenvalue weighted by molar-refractivity contribution is -0.137. The highest BCUT2D eigenvalue weighted by Gasteiger charge is 2.35. The number of anilines is 1. The maximum Gasteiger partial charge on any atom is 0.417 e. The fourth-order valence-corrected chi connectivity index (χ4v) is 2.89. The van der Waals surface area contributed by atoms with Crippen LogP contribution in [-0.2, 0) is 6.18 Å². The largest absolute Gasteiger partial charge is 0.478 e. The summed E-state index contributed by atoms with van der Waals surface area (Å²) in [4.78, 5) is 23.8. The van der Waals surface area contributed by atoms with Crippen molar-refractivity contribution in [1.82, 2.24) is 0 Å². The van der Waals surface area contributed by atoms with Gasteiger partial charge in [-0.1, -0.05) is 23.7 Å². The van der Waals surface area contributed by atoms with E-state index in [1.165, 1.54) is 36.4 Å². The molecule has 0 saturated carbocycles. The molecule has 0 radical (unpaired) electrons. The number of fused-ring (bicyclic) bond motifs is 1. The van der Waals surface area contributed by atoms with Crippen LogP contribution in [0.5, 0.6) is 0 Å². The molecule has 3 rings (SSSR count). The van der Waals surface area contributed by atoms with Gasteiger partial charge in [0.25, 0.3) is 5.91 Å². The summed E-state index contributed by atoms with van der Waals surface area (Å²) in [6.07, 6.45) is -4.83. The van der Waals surface area contributed by atoms with Gasteiger partial charge in [-0.25, -0.2) is 9.18 Å². The quantitative estimate of drug-likeness (QED) is 0.551. The van der Waals surface area contributed by atoms with E-state index in [1.54, 1.807) is 0 Å². The van der Waals surface area contributed by atoms with Crippen molar-refractivity contribution < 1.29 is 32.3 Å². The van der Waals surface area contributed by atoms with Crippen molar-refractivity contribution >= 4 is 39.9 Å². The summed E-state index contributed by atoms with van der Waals surface area (Å²) >= 11 is 5.54. The van der Waals surface area contributed by atoms with Crippen molar-refractivity contribution in [2.45, 2.75) is 6.18 Å². The first kappa shape index (κ1) is 19.6. The van der Waals surface area contributed by atoms with E-state index in [1.807, 2.05) is 0 Å². The highest BCUT2D eigenvalue weighted by Crippen LogP contribution is 2.38. The van der Waals surface area contributed by atoms with E-state index in [-0.39, 0.29) is 5.56 Å². The Labute approximate surface area is 160 Å². The molecule has 9 heteroatoms. The molecule has 0 aliphatic carbocycles. The number of rotatable bonds is 3. The molecular formula is C19H10ClF4NO3. The minimum Gasteiger partial charge on any atom is -0.478 e. The summed E-state index contributed by atoms with van der Waals surface area (Å²) in [5, 5.41) is 11.6. The molecule has 28 heavy (non-hydrogen) atoms. The van der Waals surface area contributed by atoms with Crippen LogP contribution in [-0.4, -0.2) is 17.0 Å². The van der Waals surface area contributed by atoms with Crippen molar-refractivity contribution in [1.29, 1.82) is 0 Å². The Hall–Kier alpha value is -3.13. The SMILES string of the molecule is O=C(Nc1cc(C(F)(F)F)c(Cl)cc1C(=O)O)c1ccc2cc(F)ccc2c1. The average molecular weight is 412 g/mol. The zero-order chi connectivity index (χ0) is 20.6. The standard InChI is InChI=1S/C19H10ClF4NO3/c20-15-7-13(18(27)28)16(8-14(15)19(22,23)24)25-17(26)11-2-1-10-6-12(21)4-3-9(10)5-11/h1-8H,(H,25,26)(H,27,28). The zero-order valence-electron chi connectivity index (χ0n) is 13.8. The Morgan fingerprint density at radius 3 is 2.25 bits per heavy atom. The highest BCUT2D eigenvalue weighted by atomic mass is 35.5. The van der Waals surface area contributed by atoms with E-state index < -0.39 is 45.7 Å². The highest BCUT2D eigenvalue weighted by molar-refractivity contribution is 6.32. The van der Waals surface area contributed by atoms with Crippen LogP contribution in [0.2, 0.25) is 5.02 Å². The number of alkyl halides is 3. The third-order valence-electron chi connectivity index (χ3n) is 3.96. The van der Waals surface area contributed by atoms with E-state index in [0.29, 0.717) is 22.9 Å². The van der Waals surface area contributed by atoms with Crippen molar-refractivity contribution in [2.75, 3.05) is 5.32 Å². The van der Waals surface area contributed by atoms with Gasteiger partial charge in [-0.2, -0.15) is 13.2 Å². The number of amides is 1. The fourth-order valence-electron chi connectivity index (χ4n) is 2.62. The molecule has 3 aromatic rings. The van der Waals surface area contributed by atoms with Crippen LogP contribution in [0.1, 0.15) is 26.3 Å². The second kappa shape index (κ2) is 7.12. The van der Waals surface area contributed by atoms with Gasteiger partial charge >= 0.3 is 12.1 Å². The van der Waals surface area contributed by atoms with Crippen LogP contribution in [0, 0.1) is 5.82 Å². The van der Waals surface area contributed by atoms with Gasteiger partial charge < -0.3 is 10.4 Å². The van der Waals surface area contributed by atoms with E-state index >= 15 is 0 Å². The number of hydrogen-bond donors (Lipinski definition) is 2. The zero-order valence-corrected chi connectivity index (χ0v) is 14.5. The lowest BCUT2D eigenvalue weighted by atomic mass is 10.1. The number of carbonyl (C=O) groups excluding carboxylic acids is 1. The summed E-state index contributed by atoms with van der Waals surface area (Å²) < 4.78 is 52.4. The molecule has 0 fully saturated rings. The second-order valence-corrected chi connectivity index (χ2v) is 6.25. The molecule has 0 aromatic heterocycles. The molecule has 4 nitrogen and oxygen atoms in total. The topological polar surface area (TPSA) is 66.4 Å². The minimum atomic E-state index is -4.83. The van der Waals surface area contributed by atoms with Crippen molar-refractivity contribution in [3.05, 3.63) is 76.1 Å². The summed E-state index contributed by atoms with van der Waals surface area (Å²) in [6.45, 7) is 0. The molecule has 1 amide bonds. The fraction of sp³-hybridized carbons (Fsp3) is 0.0526. The van der Waals surface area contributed by atoms with Crippen molar-refractivity contribution in [3.63, 3.8) is 0 Å². The molecule has 2 N–H and O–H groups in total. The molecule has 0 bridgehead atoms. The van der Waals surface area contributed by atoms with Gasteiger partial charge in [-0.05, 0) is 47.2 Å². The van der Waals surface area contributed by atoms with Crippen molar-refractivity contribution in [2.24, 2.45) is 0 Å². The molecule has 0 unspecified atom stereocenters. The van der Waals surface area contributed by atoms with Crippen LogP contribution in [0.3, 0.4) is 0 Å². The molecule has 0 aliphatic rings. The first-order valence-electron chi connectivity index (χ1n) is 7.71. The number of aromatic carboxylic acids is 1. The van der Waals surface area contributed by atoms with Crippen LogP contribution in [0.15, 0.2) is 48.5 Å². The lowest BCUT2D eigenvalue weighted by Crippen LogP contribution is -2.17. The molecule has 3 aromatic carbocycles. The second-order valence-electron chi connectivity index (χ2n) is 5.84. The third-order valence-corrected chi connectivity index (χ3v) is 4.27. The van der Waals surface area contributed by atoms with Gasteiger partial charge in [0.1, 0.15) is 5.82 Å². The van der Waals surface area contributed by atoms with E-state index in [0.717, 1.165) is 0 Å². The Morgan fingerprint density at radius 2 is 1.61 bits per heavy atom. The Balaban J connectivity index is 2.01. The maximum absolute atomic E-state index is 13.2. The molecule has 144 valence electrons. The van der Waals surface area contributed by atoms with Gasteiger partial charge in [0.15, 0.2) is 0 Å². The van der Waals surface area contributed by atoms with Gasteiger partial charge in [-0.3, -0.25) is 4.79 Å². The van der Waals surface area contributed by atoms with E-state index in [2.05, 4.69) is 5.32 Å². The minimum absolute atomic E-state index is 0.0546. The van der Waals surface area contributed by atoms with Gasteiger partial charge in [0, 0.05) is 5.56 Å². The number of carboxylic acid groups (broad SMARTS) is 1. The number of carbonyl (C=O) groups is 2. The van der Waals surface area contributed by atoms with Crippen molar-refractivity contribution in [3.8, 4) is 0 Å². The summed E-state index contributed by atoms with van der Waals surface area (Å²) in [6, 6.07) is 9.22. The molecule has 0 spiro atoms. The number of benzene rings is 3. The third kappa shape index (κ3) is 3.91. The van der Waals surface area contributed by atoms with Gasteiger partial charge in [0.05, 0.1) is 21.8 Å². The monoisotopic (exact) mass is 411 g/mol.